The molecule has 0 aromatic carbocycles. The fourth-order valence-electron chi connectivity index (χ4n) is 1.67. The SMILES string of the molecule is Cc1ccc(N)c(N(C)Cc2ccccn2)n1. The number of aryl methyl sites for hydroxylation is 1. The normalized spacial score (nSPS) is 10.2. The minimum absolute atomic E-state index is 0.689. The van der Waals surface area contributed by atoms with Crippen LogP contribution in [0, 0.1) is 6.92 Å². The summed E-state index contributed by atoms with van der Waals surface area (Å²) in [6.07, 6.45) is 1.79. The highest BCUT2D eigenvalue weighted by Gasteiger charge is 2.08. The molecule has 0 aliphatic rings. The largest absolute Gasteiger partial charge is 0.396 e. The number of hydrogen-bond donors (Lipinski definition) is 1. The Labute approximate surface area is 101 Å². The van der Waals surface area contributed by atoms with Gasteiger partial charge in [0.15, 0.2) is 5.82 Å². The summed E-state index contributed by atoms with van der Waals surface area (Å²) >= 11 is 0. The van der Waals surface area contributed by atoms with Gasteiger partial charge in [-0.1, -0.05) is 6.07 Å². The first-order valence-electron chi connectivity index (χ1n) is 5.51. The third-order valence-electron chi connectivity index (χ3n) is 2.53. The van der Waals surface area contributed by atoms with E-state index in [-0.39, 0.29) is 0 Å². The number of nitrogen functional groups attached to an aromatic ring is 1. The summed E-state index contributed by atoms with van der Waals surface area (Å²) in [6, 6.07) is 9.66. The average molecular weight is 228 g/mol. The first kappa shape index (κ1) is 11.4. The molecule has 4 heteroatoms. The molecule has 88 valence electrons. The molecule has 0 saturated heterocycles. The van der Waals surface area contributed by atoms with Gasteiger partial charge in [-0.25, -0.2) is 4.98 Å². The van der Waals surface area contributed by atoms with Crippen molar-refractivity contribution in [1.29, 1.82) is 0 Å². The minimum atomic E-state index is 0.689. The van der Waals surface area contributed by atoms with Crippen molar-refractivity contribution >= 4 is 11.5 Å². The third-order valence-corrected chi connectivity index (χ3v) is 2.53. The Hall–Kier alpha value is -2.10. The number of anilines is 2. The Morgan fingerprint density at radius 2 is 2.06 bits per heavy atom. The lowest BCUT2D eigenvalue weighted by Gasteiger charge is -2.19. The average Bonchev–Trinajstić information content (AvgIpc) is 2.33. The zero-order valence-electron chi connectivity index (χ0n) is 10.1. The number of pyridine rings is 2. The van der Waals surface area contributed by atoms with Crippen LogP contribution in [0.15, 0.2) is 36.5 Å². The molecule has 2 heterocycles. The highest BCUT2D eigenvalue weighted by Crippen LogP contribution is 2.20. The van der Waals surface area contributed by atoms with Gasteiger partial charge in [0.05, 0.1) is 17.9 Å². The van der Waals surface area contributed by atoms with Crippen LogP contribution < -0.4 is 10.6 Å². The molecule has 2 rings (SSSR count). The molecule has 0 saturated carbocycles. The van der Waals surface area contributed by atoms with Gasteiger partial charge < -0.3 is 10.6 Å². The van der Waals surface area contributed by atoms with Crippen molar-refractivity contribution in [2.24, 2.45) is 0 Å². The number of nitrogens with two attached hydrogens (primary N) is 1. The van der Waals surface area contributed by atoms with Crippen LogP contribution in [0.4, 0.5) is 11.5 Å². The molecule has 4 nitrogen and oxygen atoms in total. The maximum absolute atomic E-state index is 5.92. The van der Waals surface area contributed by atoms with E-state index in [1.807, 2.05) is 49.2 Å². The predicted molar refractivity (Wildman–Crippen MR) is 69.7 cm³/mol. The molecule has 0 bridgehead atoms. The van der Waals surface area contributed by atoms with Crippen molar-refractivity contribution in [3.8, 4) is 0 Å². The van der Waals surface area contributed by atoms with Crippen molar-refractivity contribution in [2.75, 3.05) is 17.7 Å². The van der Waals surface area contributed by atoms with E-state index >= 15 is 0 Å². The van der Waals surface area contributed by atoms with E-state index in [0.717, 1.165) is 17.2 Å². The fourth-order valence-corrected chi connectivity index (χ4v) is 1.67. The lowest BCUT2D eigenvalue weighted by atomic mass is 10.3. The Morgan fingerprint density at radius 3 is 2.76 bits per heavy atom. The summed E-state index contributed by atoms with van der Waals surface area (Å²) in [5, 5.41) is 0. The topological polar surface area (TPSA) is 55.0 Å². The van der Waals surface area contributed by atoms with Gasteiger partial charge in [-0.15, -0.1) is 0 Å². The van der Waals surface area contributed by atoms with Crippen molar-refractivity contribution < 1.29 is 0 Å². The molecular formula is C13H16N4. The Balaban J connectivity index is 2.20. The highest BCUT2D eigenvalue weighted by atomic mass is 15.2. The van der Waals surface area contributed by atoms with Gasteiger partial charge in [0.2, 0.25) is 0 Å². The predicted octanol–water partition coefficient (Wildman–Crippen LogP) is 2.00. The van der Waals surface area contributed by atoms with Gasteiger partial charge in [0.25, 0.3) is 0 Å². The van der Waals surface area contributed by atoms with Gasteiger partial charge in [-0.3, -0.25) is 4.98 Å². The van der Waals surface area contributed by atoms with Crippen LogP contribution >= 0.6 is 0 Å². The molecule has 0 unspecified atom stereocenters. The molecule has 0 aliphatic heterocycles. The van der Waals surface area contributed by atoms with Crippen molar-refractivity contribution in [2.45, 2.75) is 13.5 Å². The highest BCUT2D eigenvalue weighted by molar-refractivity contribution is 5.62. The first-order valence-corrected chi connectivity index (χ1v) is 5.51. The van der Waals surface area contributed by atoms with Crippen LogP contribution in [-0.4, -0.2) is 17.0 Å². The molecular weight excluding hydrogens is 212 g/mol. The molecule has 0 aliphatic carbocycles. The second-order valence-corrected chi connectivity index (χ2v) is 4.04. The Bertz CT molecular complexity index is 496. The van der Waals surface area contributed by atoms with Crippen LogP contribution in [0.3, 0.4) is 0 Å². The van der Waals surface area contributed by atoms with Crippen LogP contribution in [0.25, 0.3) is 0 Å². The van der Waals surface area contributed by atoms with Crippen LogP contribution in [0.5, 0.6) is 0 Å². The Kier molecular flexibility index (Phi) is 3.23. The summed E-state index contributed by atoms with van der Waals surface area (Å²) in [6.45, 7) is 2.65. The van der Waals surface area contributed by atoms with Crippen LogP contribution in [0.2, 0.25) is 0 Å². The van der Waals surface area contributed by atoms with E-state index in [1.165, 1.54) is 0 Å². The molecule has 0 atom stereocenters. The minimum Gasteiger partial charge on any atom is -0.396 e. The molecule has 2 aromatic heterocycles. The molecule has 17 heavy (non-hydrogen) atoms. The number of aromatic nitrogens is 2. The maximum atomic E-state index is 5.92. The summed E-state index contributed by atoms with van der Waals surface area (Å²) in [7, 11) is 1.97. The second-order valence-electron chi connectivity index (χ2n) is 4.04. The lowest BCUT2D eigenvalue weighted by Crippen LogP contribution is -2.20. The fraction of sp³-hybridized carbons (Fsp3) is 0.231. The van der Waals surface area contributed by atoms with Crippen molar-refractivity contribution in [3.05, 3.63) is 47.9 Å². The molecule has 2 N–H and O–H groups in total. The summed E-state index contributed by atoms with van der Waals surface area (Å²) < 4.78 is 0. The summed E-state index contributed by atoms with van der Waals surface area (Å²) in [5.74, 6) is 0.802. The van der Waals surface area contributed by atoms with Crippen LogP contribution in [0.1, 0.15) is 11.4 Å². The second kappa shape index (κ2) is 4.82. The zero-order chi connectivity index (χ0) is 12.3. The summed E-state index contributed by atoms with van der Waals surface area (Å²) in [5.41, 5.74) is 8.57. The van der Waals surface area contributed by atoms with Gasteiger partial charge in [-0.2, -0.15) is 0 Å². The van der Waals surface area contributed by atoms with E-state index in [2.05, 4.69) is 9.97 Å². The van der Waals surface area contributed by atoms with E-state index in [0.29, 0.717) is 12.2 Å². The number of rotatable bonds is 3. The van der Waals surface area contributed by atoms with Gasteiger partial charge in [-0.05, 0) is 31.2 Å². The van der Waals surface area contributed by atoms with E-state index in [4.69, 9.17) is 5.73 Å². The molecule has 0 amide bonds. The maximum Gasteiger partial charge on any atom is 0.152 e. The van der Waals surface area contributed by atoms with Gasteiger partial charge in [0.1, 0.15) is 0 Å². The standard InChI is InChI=1S/C13H16N4/c1-10-6-7-12(14)13(16-10)17(2)9-11-5-3-4-8-15-11/h3-8H,9,14H2,1-2H3. The van der Waals surface area contributed by atoms with Gasteiger partial charge in [0, 0.05) is 18.9 Å². The number of nitrogens with zero attached hydrogens (tertiary/aromatic N) is 3. The monoisotopic (exact) mass is 228 g/mol. The quantitative estimate of drug-likeness (QED) is 0.873. The zero-order valence-corrected chi connectivity index (χ0v) is 10.1. The lowest BCUT2D eigenvalue weighted by molar-refractivity contribution is 0.864. The van der Waals surface area contributed by atoms with Crippen molar-refractivity contribution in [1.82, 2.24) is 9.97 Å². The molecule has 0 fully saturated rings. The molecule has 2 aromatic rings. The smallest absolute Gasteiger partial charge is 0.152 e. The first-order chi connectivity index (χ1) is 8.16. The Morgan fingerprint density at radius 1 is 1.24 bits per heavy atom. The van der Waals surface area contributed by atoms with Gasteiger partial charge >= 0.3 is 0 Å². The van der Waals surface area contributed by atoms with E-state index in [1.54, 1.807) is 6.20 Å². The van der Waals surface area contributed by atoms with E-state index < -0.39 is 0 Å². The van der Waals surface area contributed by atoms with Crippen molar-refractivity contribution in [3.63, 3.8) is 0 Å². The molecule has 0 radical (unpaired) electrons. The van der Waals surface area contributed by atoms with E-state index in [9.17, 15) is 0 Å². The summed E-state index contributed by atoms with van der Waals surface area (Å²) in [4.78, 5) is 10.7. The number of hydrogen-bond acceptors (Lipinski definition) is 4. The van der Waals surface area contributed by atoms with Crippen LogP contribution in [-0.2, 0) is 6.54 Å². The molecule has 0 spiro atoms. The third kappa shape index (κ3) is 2.72.